The van der Waals surface area contributed by atoms with Crippen molar-refractivity contribution in [2.45, 2.75) is 50.4 Å². The summed E-state index contributed by atoms with van der Waals surface area (Å²) in [4.78, 5) is 0. The van der Waals surface area contributed by atoms with E-state index < -0.39 is 0 Å². The normalized spacial score (nSPS) is 23.6. The first-order valence-corrected chi connectivity index (χ1v) is 8.07. The number of rotatable bonds is 3. The zero-order valence-corrected chi connectivity index (χ0v) is 12.0. The summed E-state index contributed by atoms with van der Waals surface area (Å²) in [6, 6.07) is 18.2. The lowest BCUT2D eigenvalue weighted by Crippen LogP contribution is -1.99. The number of benzene rings is 2. The average molecular weight is 262 g/mol. The molecule has 0 bridgehead atoms. The molecule has 20 heavy (non-hydrogen) atoms. The van der Waals surface area contributed by atoms with Crippen LogP contribution in [0.25, 0.3) is 0 Å². The predicted molar refractivity (Wildman–Crippen MR) is 84.2 cm³/mol. The number of fused-ring (bicyclic) bond motifs is 2. The molecule has 0 nitrogen and oxygen atoms in total. The Morgan fingerprint density at radius 3 is 1.60 bits per heavy atom. The third kappa shape index (κ3) is 2.08. The van der Waals surface area contributed by atoms with Crippen molar-refractivity contribution in [3.05, 3.63) is 70.8 Å². The van der Waals surface area contributed by atoms with Crippen LogP contribution in [0.4, 0.5) is 0 Å². The maximum Gasteiger partial charge on any atom is -0.0156 e. The maximum atomic E-state index is 2.36. The van der Waals surface area contributed by atoms with Gasteiger partial charge in [0.15, 0.2) is 0 Å². The minimum absolute atomic E-state index is 0.818. The summed E-state index contributed by atoms with van der Waals surface area (Å²) in [6.45, 7) is 0. The fourth-order valence-corrected chi connectivity index (χ4v) is 4.29. The number of hydrogen-bond donors (Lipinski definition) is 0. The molecule has 2 aromatic carbocycles. The van der Waals surface area contributed by atoms with E-state index in [0.717, 1.165) is 11.8 Å². The molecule has 0 radical (unpaired) electrons. The minimum Gasteiger partial charge on any atom is -0.0620 e. The summed E-state index contributed by atoms with van der Waals surface area (Å²) < 4.78 is 0. The molecule has 2 aliphatic carbocycles. The van der Waals surface area contributed by atoms with Crippen LogP contribution >= 0.6 is 0 Å². The molecule has 0 saturated carbocycles. The molecule has 0 N–H and O–H groups in total. The molecular formula is C20H22. The van der Waals surface area contributed by atoms with Crippen LogP contribution in [-0.4, -0.2) is 0 Å². The van der Waals surface area contributed by atoms with Crippen LogP contribution in [0.3, 0.4) is 0 Å². The highest BCUT2D eigenvalue weighted by Gasteiger charge is 2.26. The van der Waals surface area contributed by atoms with E-state index in [-0.39, 0.29) is 0 Å². The van der Waals surface area contributed by atoms with Crippen LogP contribution in [0.15, 0.2) is 48.5 Å². The van der Waals surface area contributed by atoms with Gasteiger partial charge in [-0.2, -0.15) is 0 Å². The van der Waals surface area contributed by atoms with E-state index in [1.165, 1.54) is 38.5 Å². The highest BCUT2D eigenvalue weighted by atomic mass is 14.3. The Kier molecular flexibility index (Phi) is 3.10. The Labute approximate surface area is 121 Å². The van der Waals surface area contributed by atoms with Gasteiger partial charge in [-0.25, -0.2) is 0 Å². The van der Waals surface area contributed by atoms with Crippen LogP contribution in [0.1, 0.15) is 59.8 Å². The molecule has 0 heteroatoms. The SMILES string of the molecule is c1ccc2c(c1)CC[C@@H]2CC[C@@H]1CCc2ccccc21. The van der Waals surface area contributed by atoms with Gasteiger partial charge in [0.1, 0.15) is 0 Å². The Balaban J connectivity index is 1.45. The van der Waals surface area contributed by atoms with Crippen molar-refractivity contribution < 1.29 is 0 Å². The summed E-state index contributed by atoms with van der Waals surface area (Å²) in [5.74, 6) is 1.64. The van der Waals surface area contributed by atoms with Crippen LogP contribution in [0.2, 0.25) is 0 Å². The topological polar surface area (TPSA) is 0 Å². The molecule has 2 aliphatic rings. The molecule has 0 fully saturated rings. The monoisotopic (exact) mass is 262 g/mol. The van der Waals surface area contributed by atoms with E-state index >= 15 is 0 Å². The van der Waals surface area contributed by atoms with Gasteiger partial charge in [0.2, 0.25) is 0 Å². The highest BCUT2D eigenvalue weighted by Crippen LogP contribution is 2.41. The summed E-state index contributed by atoms with van der Waals surface area (Å²) in [7, 11) is 0. The summed E-state index contributed by atoms with van der Waals surface area (Å²) in [5, 5.41) is 0. The van der Waals surface area contributed by atoms with E-state index in [9.17, 15) is 0 Å². The predicted octanol–water partition coefficient (Wildman–Crippen LogP) is 5.23. The van der Waals surface area contributed by atoms with Crippen LogP contribution < -0.4 is 0 Å². The van der Waals surface area contributed by atoms with Crippen molar-refractivity contribution in [3.8, 4) is 0 Å². The molecule has 0 aliphatic heterocycles. The first-order chi connectivity index (χ1) is 9.92. The number of aryl methyl sites for hydroxylation is 2. The Bertz CT molecular complexity index is 555. The van der Waals surface area contributed by atoms with Crippen molar-refractivity contribution in [2.24, 2.45) is 0 Å². The Hall–Kier alpha value is -1.56. The molecule has 0 spiro atoms. The van der Waals surface area contributed by atoms with E-state index in [1.54, 1.807) is 22.3 Å². The van der Waals surface area contributed by atoms with E-state index in [0.29, 0.717) is 0 Å². The van der Waals surface area contributed by atoms with Crippen molar-refractivity contribution in [1.29, 1.82) is 0 Å². The van der Waals surface area contributed by atoms with Crippen molar-refractivity contribution in [1.82, 2.24) is 0 Å². The maximum absolute atomic E-state index is 2.36. The van der Waals surface area contributed by atoms with Gasteiger partial charge < -0.3 is 0 Å². The third-order valence-electron chi connectivity index (χ3n) is 5.38. The van der Waals surface area contributed by atoms with Crippen molar-refractivity contribution >= 4 is 0 Å². The summed E-state index contributed by atoms with van der Waals surface area (Å²) in [6.07, 6.45) is 8.07. The summed E-state index contributed by atoms with van der Waals surface area (Å²) >= 11 is 0. The molecule has 102 valence electrons. The molecule has 0 unspecified atom stereocenters. The van der Waals surface area contributed by atoms with Gasteiger partial charge in [-0.05, 0) is 72.6 Å². The third-order valence-corrected chi connectivity index (χ3v) is 5.38. The van der Waals surface area contributed by atoms with Crippen molar-refractivity contribution in [3.63, 3.8) is 0 Å². The van der Waals surface area contributed by atoms with Gasteiger partial charge in [0.25, 0.3) is 0 Å². The lowest BCUT2D eigenvalue weighted by Gasteiger charge is -2.16. The Morgan fingerprint density at radius 2 is 1.10 bits per heavy atom. The van der Waals surface area contributed by atoms with Gasteiger partial charge in [-0.3, -0.25) is 0 Å². The van der Waals surface area contributed by atoms with Crippen molar-refractivity contribution in [2.75, 3.05) is 0 Å². The van der Waals surface area contributed by atoms with Gasteiger partial charge in [0.05, 0.1) is 0 Å². The van der Waals surface area contributed by atoms with Gasteiger partial charge in [-0.1, -0.05) is 48.5 Å². The molecular weight excluding hydrogens is 240 g/mol. The average Bonchev–Trinajstić information content (AvgIpc) is 3.09. The molecule has 4 rings (SSSR count). The van der Waals surface area contributed by atoms with E-state index in [2.05, 4.69) is 48.5 Å². The zero-order valence-electron chi connectivity index (χ0n) is 12.0. The lowest BCUT2D eigenvalue weighted by atomic mass is 9.89. The van der Waals surface area contributed by atoms with E-state index in [1.807, 2.05) is 0 Å². The summed E-state index contributed by atoms with van der Waals surface area (Å²) in [5.41, 5.74) is 6.48. The quantitative estimate of drug-likeness (QED) is 0.710. The fraction of sp³-hybridized carbons (Fsp3) is 0.400. The largest absolute Gasteiger partial charge is 0.0620 e. The molecule has 0 amide bonds. The first-order valence-electron chi connectivity index (χ1n) is 8.07. The molecule has 0 aromatic heterocycles. The minimum atomic E-state index is 0.818. The molecule has 2 aromatic rings. The standard InChI is InChI=1S/C20H22/c1-3-7-19-15(5-1)9-11-17(19)13-14-18-12-10-16-6-2-4-8-20(16)18/h1-8,17-18H,9-14H2/t17-,18+. The molecule has 0 saturated heterocycles. The van der Waals surface area contributed by atoms with Gasteiger partial charge in [-0.15, -0.1) is 0 Å². The van der Waals surface area contributed by atoms with Crippen LogP contribution in [0.5, 0.6) is 0 Å². The second-order valence-corrected chi connectivity index (χ2v) is 6.45. The number of hydrogen-bond acceptors (Lipinski definition) is 0. The second-order valence-electron chi connectivity index (χ2n) is 6.45. The van der Waals surface area contributed by atoms with Crippen LogP contribution in [-0.2, 0) is 12.8 Å². The molecule has 2 atom stereocenters. The Morgan fingerprint density at radius 1 is 0.650 bits per heavy atom. The second kappa shape index (κ2) is 5.09. The molecule has 0 heterocycles. The van der Waals surface area contributed by atoms with E-state index in [4.69, 9.17) is 0 Å². The smallest absolute Gasteiger partial charge is 0.0156 e. The fourth-order valence-electron chi connectivity index (χ4n) is 4.29. The zero-order chi connectivity index (χ0) is 13.4. The van der Waals surface area contributed by atoms with Gasteiger partial charge >= 0.3 is 0 Å². The lowest BCUT2D eigenvalue weighted by molar-refractivity contribution is 0.521. The first kappa shape index (κ1) is 12.2. The highest BCUT2D eigenvalue weighted by molar-refractivity contribution is 5.36. The van der Waals surface area contributed by atoms with Crippen LogP contribution in [0, 0.1) is 0 Å². The van der Waals surface area contributed by atoms with Gasteiger partial charge in [0, 0.05) is 0 Å².